The Hall–Kier alpha value is -2.51. The summed E-state index contributed by atoms with van der Waals surface area (Å²) in [5.74, 6) is 0.672. The molecule has 0 saturated heterocycles. The summed E-state index contributed by atoms with van der Waals surface area (Å²) in [6.45, 7) is 0. The van der Waals surface area contributed by atoms with E-state index in [4.69, 9.17) is 11.6 Å². The van der Waals surface area contributed by atoms with E-state index in [1.54, 1.807) is 10.9 Å². The zero-order valence-corrected chi connectivity index (χ0v) is 16.1. The Morgan fingerprint density at radius 3 is 2.77 bits per heavy atom. The van der Waals surface area contributed by atoms with Crippen molar-refractivity contribution < 1.29 is 0 Å². The van der Waals surface area contributed by atoms with E-state index in [0.29, 0.717) is 15.4 Å². The monoisotopic (exact) mass is 428 g/mol. The highest BCUT2D eigenvalue weighted by molar-refractivity contribution is 9.10. The number of anilines is 1. The number of hydrogen-bond acceptors (Lipinski definition) is 5. The summed E-state index contributed by atoms with van der Waals surface area (Å²) in [4.78, 5) is 13.2. The maximum absolute atomic E-state index is 6.21. The van der Waals surface area contributed by atoms with Gasteiger partial charge in [-0.15, -0.1) is 0 Å². The lowest BCUT2D eigenvalue weighted by molar-refractivity contribution is 0.777. The Balaban J connectivity index is 1.84. The third kappa shape index (κ3) is 3.15. The molecule has 0 aliphatic rings. The molecule has 0 spiro atoms. The SMILES string of the molecule is Cn1nc(Br)c2c(NC(c3cccc(Cl)c3)c3ccccn3)ncnc21. The smallest absolute Gasteiger partial charge is 0.164 e. The molecule has 1 unspecified atom stereocenters. The van der Waals surface area contributed by atoms with Gasteiger partial charge in [-0.1, -0.05) is 29.8 Å². The first kappa shape index (κ1) is 16.9. The molecule has 0 fully saturated rings. The van der Waals surface area contributed by atoms with E-state index in [1.165, 1.54) is 6.33 Å². The molecule has 130 valence electrons. The summed E-state index contributed by atoms with van der Waals surface area (Å²) in [5, 5.41) is 9.34. The highest BCUT2D eigenvalue weighted by Crippen LogP contribution is 2.32. The number of nitrogens with one attached hydrogen (secondary N) is 1. The van der Waals surface area contributed by atoms with Gasteiger partial charge in [-0.05, 0) is 45.8 Å². The number of benzene rings is 1. The van der Waals surface area contributed by atoms with Gasteiger partial charge in [0, 0.05) is 18.3 Å². The molecule has 0 amide bonds. The molecule has 1 aromatic carbocycles. The molecule has 4 aromatic rings. The van der Waals surface area contributed by atoms with Gasteiger partial charge in [0.05, 0.1) is 17.1 Å². The van der Waals surface area contributed by atoms with Crippen LogP contribution in [0, 0.1) is 0 Å². The van der Waals surface area contributed by atoms with Crippen LogP contribution in [0.4, 0.5) is 5.82 Å². The van der Waals surface area contributed by atoms with Crippen LogP contribution >= 0.6 is 27.5 Å². The lowest BCUT2D eigenvalue weighted by atomic mass is 10.0. The quantitative estimate of drug-likeness (QED) is 0.521. The summed E-state index contributed by atoms with van der Waals surface area (Å²) in [6, 6.07) is 13.3. The predicted octanol–water partition coefficient (Wildman–Crippen LogP) is 4.38. The molecule has 3 aromatic heterocycles. The molecule has 0 aliphatic heterocycles. The summed E-state index contributed by atoms with van der Waals surface area (Å²) in [7, 11) is 1.84. The zero-order chi connectivity index (χ0) is 18.1. The first-order valence-electron chi connectivity index (χ1n) is 7.89. The average molecular weight is 430 g/mol. The van der Waals surface area contributed by atoms with Crippen molar-refractivity contribution >= 4 is 44.4 Å². The fourth-order valence-electron chi connectivity index (χ4n) is 2.85. The third-order valence-electron chi connectivity index (χ3n) is 4.02. The summed E-state index contributed by atoms with van der Waals surface area (Å²) in [6.07, 6.45) is 3.29. The van der Waals surface area contributed by atoms with Gasteiger partial charge >= 0.3 is 0 Å². The fourth-order valence-corrected chi connectivity index (χ4v) is 3.65. The van der Waals surface area contributed by atoms with E-state index >= 15 is 0 Å². The van der Waals surface area contributed by atoms with Crippen molar-refractivity contribution in [1.82, 2.24) is 24.7 Å². The predicted molar refractivity (Wildman–Crippen MR) is 105 cm³/mol. The minimum absolute atomic E-state index is 0.222. The summed E-state index contributed by atoms with van der Waals surface area (Å²) < 4.78 is 2.39. The van der Waals surface area contributed by atoms with E-state index in [9.17, 15) is 0 Å². The van der Waals surface area contributed by atoms with E-state index in [2.05, 4.69) is 41.3 Å². The molecule has 0 aliphatic carbocycles. The first-order valence-corrected chi connectivity index (χ1v) is 9.06. The van der Waals surface area contributed by atoms with E-state index in [0.717, 1.165) is 22.3 Å². The first-order chi connectivity index (χ1) is 12.6. The van der Waals surface area contributed by atoms with Gasteiger partial charge in [-0.2, -0.15) is 5.10 Å². The molecule has 0 radical (unpaired) electrons. The Bertz CT molecular complexity index is 1070. The van der Waals surface area contributed by atoms with Gasteiger partial charge < -0.3 is 5.32 Å². The molecule has 4 rings (SSSR count). The Morgan fingerprint density at radius 2 is 2.00 bits per heavy atom. The van der Waals surface area contributed by atoms with Gasteiger partial charge in [-0.25, -0.2) is 14.6 Å². The molecular weight excluding hydrogens is 416 g/mol. The van der Waals surface area contributed by atoms with Crippen LogP contribution < -0.4 is 5.32 Å². The Morgan fingerprint density at radius 1 is 1.12 bits per heavy atom. The van der Waals surface area contributed by atoms with Crippen molar-refractivity contribution in [2.24, 2.45) is 7.05 Å². The van der Waals surface area contributed by atoms with Crippen LogP contribution in [0.3, 0.4) is 0 Å². The second-order valence-corrected chi connectivity index (χ2v) is 6.91. The number of pyridine rings is 1. The minimum atomic E-state index is -0.222. The molecule has 1 atom stereocenters. The van der Waals surface area contributed by atoms with Crippen LogP contribution in [-0.4, -0.2) is 24.7 Å². The van der Waals surface area contributed by atoms with Gasteiger partial charge in [0.15, 0.2) is 5.65 Å². The molecule has 1 N–H and O–H groups in total. The lowest BCUT2D eigenvalue weighted by Gasteiger charge is -2.20. The molecule has 6 nitrogen and oxygen atoms in total. The number of aryl methyl sites for hydroxylation is 1. The Labute approximate surface area is 163 Å². The average Bonchev–Trinajstić information content (AvgIpc) is 2.95. The topological polar surface area (TPSA) is 68.5 Å². The molecular formula is C18H14BrClN6. The van der Waals surface area contributed by atoms with Gasteiger partial charge in [0.2, 0.25) is 0 Å². The van der Waals surface area contributed by atoms with Crippen LogP contribution in [0.25, 0.3) is 11.0 Å². The highest BCUT2D eigenvalue weighted by atomic mass is 79.9. The molecule has 0 saturated carbocycles. The summed E-state index contributed by atoms with van der Waals surface area (Å²) >= 11 is 9.70. The lowest BCUT2D eigenvalue weighted by Crippen LogP contribution is -2.15. The van der Waals surface area contributed by atoms with Gasteiger partial charge in [0.1, 0.15) is 16.7 Å². The number of hydrogen-bond donors (Lipinski definition) is 1. The van der Waals surface area contributed by atoms with Crippen molar-refractivity contribution in [1.29, 1.82) is 0 Å². The number of nitrogens with zero attached hydrogens (tertiary/aromatic N) is 5. The number of halogens is 2. The number of aromatic nitrogens is 5. The van der Waals surface area contributed by atoms with E-state index in [-0.39, 0.29) is 6.04 Å². The molecule has 26 heavy (non-hydrogen) atoms. The van der Waals surface area contributed by atoms with Crippen LogP contribution in [0.15, 0.2) is 59.6 Å². The Kier molecular flexibility index (Phi) is 4.57. The van der Waals surface area contributed by atoms with Crippen LogP contribution in [0.5, 0.6) is 0 Å². The highest BCUT2D eigenvalue weighted by Gasteiger charge is 2.20. The molecule has 8 heteroatoms. The second-order valence-electron chi connectivity index (χ2n) is 5.72. The minimum Gasteiger partial charge on any atom is -0.357 e. The fraction of sp³-hybridized carbons (Fsp3) is 0.111. The van der Waals surface area contributed by atoms with Crippen molar-refractivity contribution in [3.05, 3.63) is 75.9 Å². The van der Waals surface area contributed by atoms with Crippen molar-refractivity contribution in [2.45, 2.75) is 6.04 Å². The second kappa shape index (κ2) is 7.01. The third-order valence-corrected chi connectivity index (χ3v) is 4.81. The molecule has 3 heterocycles. The van der Waals surface area contributed by atoms with Crippen molar-refractivity contribution in [3.8, 4) is 0 Å². The van der Waals surface area contributed by atoms with Gasteiger partial charge in [-0.3, -0.25) is 4.98 Å². The van der Waals surface area contributed by atoms with E-state index in [1.807, 2.05) is 49.5 Å². The zero-order valence-electron chi connectivity index (χ0n) is 13.8. The standard InChI is InChI=1S/C18H14BrClN6/c1-26-18-14(16(19)25-26)17(22-10-23-18)24-15(13-7-2-3-8-21-13)11-5-4-6-12(20)9-11/h2-10,15H,1H3,(H,22,23,24). The van der Waals surface area contributed by atoms with Crippen molar-refractivity contribution in [3.63, 3.8) is 0 Å². The maximum atomic E-state index is 6.21. The maximum Gasteiger partial charge on any atom is 0.164 e. The largest absolute Gasteiger partial charge is 0.357 e. The van der Waals surface area contributed by atoms with Crippen LogP contribution in [-0.2, 0) is 7.05 Å². The summed E-state index contributed by atoms with van der Waals surface area (Å²) in [5.41, 5.74) is 2.59. The van der Waals surface area contributed by atoms with Crippen LogP contribution in [0.2, 0.25) is 5.02 Å². The molecule has 0 bridgehead atoms. The number of fused-ring (bicyclic) bond motifs is 1. The normalized spacial score (nSPS) is 12.3. The number of rotatable bonds is 4. The van der Waals surface area contributed by atoms with Crippen molar-refractivity contribution in [2.75, 3.05) is 5.32 Å². The van der Waals surface area contributed by atoms with Crippen LogP contribution in [0.1, 0.15) is 17.3 Å². The van der Waals surface area contributed by atoms with E-state index < -0.39 is 0 Å². The van der Waals surface area contributed by atoms with Gasteiger partial charge in [0.25, 0.3) is 0 Å².